The van der Waals surface area contributed by atoms with Crippen LogP contribution >= 0.6 is 0 Å². The third-order valence-corrected chi connectivity index (χ3v) is 5.46. The first-order valence-corrected chi connectivity index (χ1v) is 8.31. The minimum absolute atomic E-state index is 0.000454. The van der Waals surface area contributed by atoms with Gasteiger partial charge in [0.05, 0.1) is 19.3 Å². The van der Waals surface area contributed by atoms with E-state index in [-0.39, 0.29) is 18.6 Å². The first kappa shape index (κ1) is 15.7. The Balaban J connectivity index is 1.50. The largest absolute Gasteiger partial charge is 0.480 e. The Hall–Kier alpha value is -1.14. The van der Waals surface area contributed by atoms with Gasteiger partial charge < -0.3 is 14.7 Å². The highest BCUT2D eigenvalue weighted by atomic mass is 16.5. The second kappa shape index (κ2) is 6.16. The highest BCUT2D eigenvalue weighted by Gasteiger charge is 2.59. The van der Waals surface area contributed by atoms with Crippen LogP contribution in [0.5, 0.6) is 0 Å². The zero-order valence-electron chi connectivity index (χ0n) is 13.3. The predicted molar refractivity (Wildman–Crippen MR) is 80.5 cm³/mol. The van der Waals surface area contributed by atoms with Gasteiger partial charge in [0.2, 0.25) is 5.91 Å². The van der Waals surface area contributed by atoms with E-state index in [1.165, 1.54) is 25.7 Å². The fraction of sp³-hybridized carbons (Fsp3) is 0.875. The summed E-state index contributed by atoms with van der Waals surface area (Å²) in [5, 5.41) is 8.81. The number of hydrogen-bond acceptors (Lipinski definition) is 4. The number of rotatable bonds is 5. The zero-order chi connectivity index (χ0) is 15.7. The van der Waals surface area contributed by atoms with Gasteiger partial charge in [-0.2, -0.15) is 0 Å². The second-order valence-electron chi connectivity index (χ2n) is 7.19. The van der Waals surface area contributed by atoms with Gasteiger partial charge in [0.15, 0.2) is 0 Å². The monoisotopic (exact) mass is 310 g/mol. The van der Waals surface area contributed by atoms with Crippen LogP contribution in [0.25, 0.3) is 0 Å². The van der Waals surface area contributed by atoms with Crippen LogP contribution in [0.2, 0.25) is 0 Å². The van der Waals surface area contributed by atoms with E-state index in [4.69, 9.17) is 9.84 Å². The molecule has 2 saturated carbocycles. The summed E-state index contributed by atoms with van der Waals surface area (Å²) >= 11 is 0. The van der Waals surface area contributed by atoms with Gasteiger partial charge in [0.25, 0.3) is 0 Å². The fourth-order valence-electron chi connectivity index (χ4n) is 4.22. The molecule has 0 radical (unpaired) electrons. The lowest BCUT2D eigenvalue weighted by molar-refractivity contribution is -0.143. The number of carbonyl (C=O) groups excluding carboxylic acids is 1. The maximum absolute atomic E-state index is 12.7. The first-order chi connectivity index (χ1) is 10.5. The average Bonchev–Trinajstić information content (AvgIpc) is 2.94. The van der Waals surface area contributed by atoms with E-state index in [1.807, 2.05) is 4.90 Å². The number of morpholine rings is 1. The molecule has 1 saturated heterocycles. The molecule has 0 aromatic heterocycles. The molecule has 6 nitrogen and oxygen atoms in total. The standard InChI is InChI=1S/C16H26N2O4/c1-17(11-14(19)20)9-12-10-18(6-7-22-12)15(21)13-8-16(13)4-2-3-5-16/h12-13H,2-11H2,1H3,(H,19,20). The van der Waals surface area contributed by atoms with Gasteiger partial charge in [-0.15, -0.1) is 0 Å². The lowest BCUT2D eigenvalue weighted by atomic mass is 10.0. The van der Waals surface area contributed by atoms with Crippen molar-refractivity contribution in [2.75, 3.05) is 39.8 Å². The van der Waals surface area contributed by atoms with Crippen molar-refractivity contribution in [1.29, 1.82) is 0 Å². The van der Waals surface area contributed by atoms with E-state index in [1.54, 1.807) is 11.9 Å². The van der Waals surface area contributed by atoms with Crippen molar-refractivity contribution in [3.8, 4) is 0 Å². The lowest BCUT2D eigenvalue weighted by Gasteiger charge is -2.35. The van der Waals surface area contributed by atoms with Crippen molar-refractivity contribution < 1.29 is 19.4 Å². The number of likely N-dealkylation sites (N-methyl/N-ethyl adjacent to an activating group) is 1. The molecule has 2 unspecified atom stereocenters. The first-order valence-electron chi connectivity index (χ1n) is 8.31. The van der Waals surface area contributed by atoms with Gasteiger partial charge in [-0.05, 0) is 31.7 Å². The molecule has 1 N–H and O–H groups in total. The summed E-state index contributed by atoms with van der Waals surface area (Å²) in [5.74, 6) is -0.297. The zero-order valence-corrected chi connectivity index (χ0v) is 13.3. The van der Waals surface area contributed by atoms with Crippen LogP contribution in [0.4, 0.5) is 0 Å². The van der Waals surface area contributed by atoms with Gasteiger partial charge in [0.1, 0.15) is 0 Å². The SMILES string of the molecule is CN(CC(=O)O)CC1CN(C(=O)C2CC23CCCC3)CCO1. The number of ether oxygens (including phenoxy) is 1. The number of aliphatic carboxylic acids is 1. The minimum Gasteiger partial charge on any atom is -0.480 e. The van der Waals surface area contributed by atoms with Crippen LogP contribution in [-0.4, -0.2) is 72.7 Å². The summed E-state index contributed by atoms with van der Waals surface area (Å²) < 4.78 is 5.70. The summed E-state index contributed by atoms with van der Waals surface area (Å²) in [7, 11) is 1.77. The quantitative estimate of drug-likeness (QED) is 0.814. The second-order valence-corrected chi connectivity index (χ2v) is 7.19. The molecule has 3 rings (SSSR count). The Morgan fingerprint density at radius 1 is 1.36 bits per heavy atom. The molecular formula is C16H26N2O4. The molecule has 1 spiro atoms. The predicted octanol–water partition coefficient (Wildman–Crippen LogP) is 0.811. The number of carbonyl (C=O) groups is 2. The van der Waals surface area contributed by atoms with Gasteiger partial charge >= 0.3 is 5.97 Å². The van der Waals surface area contributed by atoms with Crippen LogP contribution in [0.1, 0.15) is 32.1 Å². The number of hydrogen-bond donors (Lipinski definition) is 1. The molecule has 1 aliphatic heterocycles. The highest BCUT2D eigenvalue weighted by Crippen LogP contribution is 2.63. The van der Waals surface area contributed by atoms with E-state index >= 15 is 0 Å². The summed E-state index contributed by atoms with van der Waals surface area (Å²) in [6.45, 7) is 2.36. The van der Waals surface area contributed by atoms with Gasteiger partial charge in [-0.1, -0.05) is 12.8 Å². The molecule has 0 bridgehead atoms. The van der Waals surface area contributed by atoms with Crippen molar-refractivity contribution in [1.82, 2.24) is 9.80 Å². The number of carboxylic acid groups (broad SMARTS) is 1. The smallest absolute Gasteiger partial charge is 0.317 e. The molecule has 0 aromatic rings. The lowest BCUT2D eigenvalue weighted by Crippen LogP contribution is -2.50. The fourth-order valence-corrected chi connectivity index (χ4v) is 4.22. The van der Waals surface area contributed by atoms with Crippen molar-refractivity contribution in [3.05, 3.63) is 0 Å². The molecule has 2 aliphatic carbocycles. The van der Waals surface area contributed by atoms with E-state index in [9.17, 15) is 9.59 Å². The Morgan fingerprint density at radius 2 is 2.09 bits per heavy atom. The Labute approximate surface area is 131 Å². The molecule has 3 aliphatic rings. The number of nitrogens with zero attached hydrogens (tertiary/aromatic N) is 2. The topological polar surface area (TPSA) is 70.1 Å². The Kier molecular flexibility index (Phi) is 4.41. The molecule has 1 amide bonds. The van der Waals surface area contributed by atoms with Crippen LogP contribution in [-0.2, 0) is 14.3 Å². The third kappa shape index (κ3) is 3.27. The summed E-state index contributed by atoms with van der Waals surface area (Å²) in [5.41, 5.74) is 0.338. The molecular weight excluding hydrogens is 284 g/mol. The van der Waals surface area contributed by atoms with Gasteiger partial charge in [-0.3, -0.25) is 14.5 Å². The van der Waals surface area contributed by atoms with E-state index in [0.717, 1.165) is 6.42 Å². The van der Waals surface area contributed by atoms with Crippen LogP contribution in [0.15, 0.2) is 0 Å². The van der Waals surface area contributed by atoms with Gasteiger partial charge in [0, 0.05) is 25.6 Å². The summed E-state index contributed by atoms with van der Waals surface area (Å²) in [4.78, 5) is 27.1. The molecule has 22 heavy (non-hydrogen) atoms. The molecule has 3 fully saturated rings. The number of carboxylic acids is 1. The van der Waals surface area contributed by atoms with Crippen LogP contribution < -0.4 is 0 Å². The normalized spacial score (nSPS) is 30.0. The van der Waals surface area contributed by atoms with Crippen molar-refractivity contribution in [2.24, 2.45) is 11.3 Å². The molecule has 6 heteroatoms. The average molecular weight is 310 g/mol. The number of amides is 1. The van der Waals surface area contributed by atoms with Crippen molar-refractivity contribution in [3.63, 3.8) is 0 Å². The summed E-state index contributed by atoms with van der Waals surface area (Å²) in [6.07, 6.45) is 5.98. The molecule has 2 atom stereocenters. The molecule has 0 aromatic carbocycles. The summed E-state index contributed by atoms with van der Waals surface area (Å²) in [6, 6.07) is 0. The maximum Gasteiger partial charge on any atom is 0.317 e. The molecule has 1 heterocycles. The van der Waals surface area contributed by atoms with E-state index in [0.29, 0.717) is 37.6 Å². The van der Waals surface area contributed by atoms with Crippen LogP contribution in [0, 0.1) is 11.3 Å². The van der Waals surface area contributed by atoms with Crippen molar-refractivity contribution >= 4 is 11.9 Å². The van der Waals surface area contributed by atoms with Crippen molar-refractivity contribution in [2.45, 2.75) is 38.2 Å². The van der Waals surface area contributed by atoms with Crippen LogP contribution in [0.3, 0.4) is 0 Å². The van der Waals surface area contributed by atoms with E-state index < -0.39 is 5.97 Å². The minimum atomic E-state index is -0.840. The molecule has 124 valence electrons. The third-order valence-electron chi connectivity index (χ3n) is 5.46. The Morgan fingerprint density at radius 3 is 2.77 bits per heavy atom. The highest BCUT2D eigenvalue weighted by molar-refractivity contribution is 5.83. The van der Waals surface area contributed by atoms with E-state index in [2.05, 4.69) is 0 Å². The van der Waals surface area contributed by atoms with Gasteiger partial charge in [-0.25, -0.2) is 0 Å². The Bertz CT molecular complexity index is 447. The maximum atomic E-state index is 12.7.